The van der Waals surface area contributed by atoms with Crippen LogP contribution in [0, 0.1) is 13.8 Å². The molecule has 6 heteroatoms. The van der Waals surface area contributed by atoms with Crippen LogP contribution in [-0.2, 0) is 13.6 Å². The van der Waals surface area contributed by atoms with Crippen molar-refractivity contribution < 1.29 is 4.74 Å². The first-order valence-corrected chi connectivity index (χ1v) is 5.77. The lowest BCUT2D eigenvalue weighted by Gasteiger charge is -2.05. The molecule has 0 aliphatic rings. The van der Waals surface area contributed by atoms with Crippen LogP contribution in [0.25, 0.3) is 0 Å². The average Bonchev–Trinajstić information content (AvgIpc) is 2.59. The molecular formula is C12H17N5O. The van der Waals surface area contributed by atoms with Crippen molar-refractivity contribution in [1.29, 1.82) is 0 Å². The van der Waals surface area contributed by atoms with Crippen LogP contribution in [0.2, 0.25) is 0 Å². The minimum Gasteiger partial charge on any atom is -0.434 e. The summed E-state index contributed by atoms with van der Waals surface area (Å²) >= 11 is 0. The van der Waals surface area contributed by atoms with Gasteiger partial charge in [0, 0.05) is 19.7 Å². The number of hydrogen-bond acceptors (Lipinski definition) is 5. The van der Waals surface area contributed by atoms with E-state index in [0.29, 0.717) is 12.4 Å². The summed E-state index contributed by atoms with van der Waals surface area (Å²) in [5, 5.41) is 15.4. The molecule has 2 aromatic heterocycles. The quantitative estimate of drug-likeness (QED) is 0.883. The fraction of sp³-hybridized carbons (Fsp3) is 0.417. The van der Waals surface area contributed by atoms with E-state index in [4.69, 9.17) is 4.74 Å². The molecule has 0 unspecified atom stereocenters. The minimum absolute atomic E-state index is 0.481. The summed E-state index contributed by atoms with van der Waals surface area (Å²) in [6.45, 7) is 4.56. The largest absolute Gasteiger partial charge is 0.434 e. The van der Waals surface area contributed by atoms with Crippen LogP contribution in [0.5, 0.6) is 11.6 Å². The summed E-state index contributed by atoms with van der Waals surface area (Å²) in [6, 6.07) is 3.70. The van der Waals surface area contributed by atoms with Crippen LogP contribution in [0.1, 0.15) is 17.1 Å². The lowest BCUT2D eigenvalue weighted by Crippen LogP contribution is -2.07. The zero-order chi connectivity index (χ0) is 13.1. The van der Waals surface area contributed by atoms with E-state index in [1.165, 1.54) is 0 Å². The molecule has 0 bridgehead atoms. The first-order valence-electron chi connectivity index (χ1n) is 5.77. The zero-order valence-corrected chi connectivity index (χ0v) is 11.1. The second-order valence-corrected chi connectivity index (χ2v) is 4.12. The molecule has 0 spiro atoms. The molecule has 0 saturated carbocycles. The Morgan fingerprint density at radius 2 is 2.06 bits per heavy atom. The Morgan fingerprint density at radius 1 is 1.28 bits per heavy atom. The molecule has 0 amide bonds. The number of aryl methyl sites for hydroxylation is 2. The van der Waals surface area contributed by atoms with Crippen molar-refractivity contribution in [2.24, 2.45) is 7.05 Å². The van der Waals surface area contributed by atoms with Gasteiger partial charge < -0.3 is 10.1 Å². The molecule has 0 aliphatic heterocycles. The maximum atomic E-state index is 5.72. The van der Waals surface area contributed by atoms with Gasteiger partial charge in [-0.1, -0.05) is 0 Å². The number of hydrogen-bond donors (Lipinski definition) is 1. The number of rotatable bonds is 4. The van der Waals surface area contributed by atoms with Gasteiger partial charge in [0.25, 0.3) is 0 Å². The highest BCUT2D eigenvalue weighted by atomic mass is 16.5. The third kappa shape index (κ3) is 2.48. The van der Waals surface area contributed by atoms with Gasteiger partial charge in [-0.25, -0.2) is 0 Å². The number of nitrogens with zero attached hydrogens (tertiary/aromatic N) is 4. The molecule has 0 aromatic carbocycles. The topological polar surface area (TPSA) is 64.9 Å². The van der Waals surface area contributed by atoms with E-state index < -0.39 is 0 Å². The Bertz CT molecular complexity index is 532. The van der Waals surface area contributed by atoms with Crippen molar-refractivity contribution >= 4 is 0 Å². The van der Waals surface area contributed by atoms with E-state index in [2.05, 4.69) is 20.6 Å². The molecule has 18 heavy (non-hydrogen) atoms. The fourth-order valence-corrected chi connectivity index (χ4v) is 1.68. The van der Waals surface area contributed by atoms with Gasteiger partial charge in [0.05, 0.1) is 11.4 Å². The fourth-order valence-electron chi connectivity index (χ4n) is 1.68. The highest BCUT2D eigenvalue weighted by molar-refractivity contribution is 5.34. The molecule has 2 heterocycles. The lowest BCUT2D eigenvalue weighted by atomic mass is 10.3. The van der Waals surface area contributed by atoms with Gasteiger partial charge >= 0.3 is 0 Å². The van der Waals surface area contributed by atoms with Gasteiger partial charge in [0.1, 0.15) is 5.69 Å². The normalized spacial score (nSPS) is 10.7. The van der Waals surface area contributed by atoms with E-state index >= 15 is 0 Å². The van der Waals surface area contributed by atoms with Crippen LogP contribution >= 0.6 is 0 Å². The highest BCUT2D eigenvalue weighted by Crippen LogP contribution is 2.26. The molecule has 2 rings (SSSR count). The number of ether oxygens (including phenoxy) is 1. The highest BCUT2D eigenvalue weighted by Gasteiger charge is 2.12. The second kappa shape index (κ2) is 5.14. The number of aromatic nitrogens is 4. The first kappa shape index (κ1) is 12.5. The van der Waals surface area contributed by atoms with Gasteiger partial charge in [0.2, 0.25) is 5.88 Å². The van der Waals surface area contributed by atoms with Crippen LogP contribution in [0.3, 0.4) is 0 Å². The van der Waals surface area contributed by atoms with Crippen LogP contribution < -0.4 is 10.1 Å². The van der Waals surface area contributed by atoms with Crippen molar-refractivity contribution in [3.63, 3.8) is 0 Å². The lowest BCUT2D eigenvalue weighted by molar-refractivity contribution is 0.446. The monoisotopic (exact) mass is 247 g/mol. The van der Waals surface area contributed by atoms with Gasteiger partial charge in [-0.05, 0) is 27.0 Å². The predicted molar refractivity (Wildman–Crippen MR) is 67.6 cm³/mol. The minimum atomic E-state index is 0.481. The van der Waals surface area contributed by atoms with Crippen LogP contribution in [0.15, 0.2) is 12.1 Å². The molecule has 0 saturated heterocycles. The van der Waals surface area contributed by atoms with Crippen molar-refractivity contribution in [3.8, 4) is 11.6 Å². The zero-order valence-electron chi connectivity index (χ0n) is 11.1. The number of nitrogens with one attached hydrogen (secondary N) is 1. The first-order chi connectivity index (χ1) is 8.61. The second-order valence-electron chi connectivity index (χ2n) is 4.12. The van der Waals surface area contributed by atoms with Gasteiger partial charge in [-0.3, -0.25) is 4.68 Å². The van der Waals surface area contributed by atoms with Crippen molar-refractivity contribution in [2.75, 3.05) is 7.05 Å². The molecular weight excluding hydrogens is 230 g/mol. The van der Waals surface area contributed by atoms with Crippen molar-refractivity contribution in [1.82, 2.24) is 25.3 Å². The molecule has 96 valence electrons. The Labute approximate surface area is 106 Å². The Hall–Kier alpha value is -1.95. The Balaban J connectivity index is 2.18. The SMILES string of the molecule is CNCc1ccc(Oc2c(C)nn(C)c2C)nn1. The van der Waals surface area contributed by atoms with Gasteiger partial charge in [-0.15, -0.1) is 5.10 Å². The molecule has 0 atom stereocenters. The van der Waals surface area contributed by atoms with Crippen molar-refractivity contribution in [3.05, 3.63) is 29.2 Å². The molecule has 0 aliphatic carbocycles. The molecule has 0 radical (unpaired) electrons. The Morgan fingerprint density at radius 3 is 2.56 bits per heavy atom. The Kier molecular flexibility index (Phi) is 3.57. The van der Waals surface area contributed by atoms with Gasteiger partial charge in [0.15, 0.2) is 5.75 Å². The third-order valence-electron chi connectivity index (χ3n) is 2.70. The summed E-state index contributed by atoms with van der Waals surface area (Å²) in [4.78, 5) is 0. The standard InChI is InChI=1S/C12H17N5O/c1-8-12(9(2)17(4)16-8)18-11-6-5-10(7-13-3)14-15-11/h5-6,13H,7H2,1-4H3. The van der Waals surface area contributed by atoms with E-state index in [1.807, 2.05) is 40.1 Å². The maximum absolute atomic E-state index is 5.72. The summed E-state index contributed by atoms with van der Waals surface area (Å²) in [5.41, 5.74) is 2.69. The molecule has 0 fully saturated rings. The van der Waals surface area contributed by atoms with Crippen LogP contribution in [-0.4, -0.2) is 27.0 Å². The predicted octanol–water partition coefficient (Wildman–Crippen LogP) is 1.34. The molecule has 2 aromatic rings. The van der Waals surface area contributed by atoms with E-state index in [9.17, 15) is 0 Å². The summed E-state index contributed by atoms with van der Waals surface area (Å²) in [7, 11) is 3.76. The van der Waals surface area contributed by atoms with Crippen molar-refractivity contribution in [2.45, 2.75) is 20.4 Å². The molecule has 1 N–H and O–H groups in total. The third-order valence-corrected chi connectivity index (χ3v) is 2.70. The maximum Gasteiger partial charge on any atom is 0.239 e. The summed E-state index contributed by atoms with van der Waals surface area (Å²) in [6.07, 6.45) is 0. The van der Waals surface area contributed by atoms with E-state index in [0.717, 1.165) is 22.8 Å². The summed E-state index contributed by atoms with van der Waals surface area (Å²) < 4.78 is 7.50. The van der Waals surface area contributed by atoms with Gasteiger partial charge in [-0.2, -0.15) is 10.2 Å². The van der Waals surface area contributed by atoms with Crippen LogP contribution in [0.4, 0.5) is 0 Å². The summed E-state index contributed by atoms with van der Waals surface area (Å²) in [5.74, 6) is 1.22. The van der Waals surface area contributed by atoms with E-state index in [-0.39, 0.29) is 0 Å². The average molecular weight is 247 g/mol. The molecule has 6 nitrogen and oxygen atoms in total. The smallest absolute Gasteiger partial charge is 0.239 e. The van der Waals surface area contributed by atoms with E-state index in [1.54, 1.807) is 4.68 Å².